The molecule has 1 aliphatic rings. The summed E-state index contributed by atoms with van der Waals surface area (Å²) in [7, 11) is 1.66. The van der Waals surface area contributed by atoms with Crippen LogP contribution in [0.15, 0.2) is 51.7 Å². The van der Waals surface area contributed by atoms with Gasteiger partial charge >= 0.3 is 11.8 Å². The Bertz CT molecular complexity index is 1470. The highest BCUT2D eigenvalue weighted by Crippen LogP contribution is 2.25. The van der Waals surface area contributed by atoms with Crippen molar-refractivity contribution in [3.05, 3.63) is 58.6 Å². The first-order valence-electron chi connectivity index (χ1n) is 13.0. The fourth-order valence-corrected chi connectivity index (χ4v) is 4.94. The molecule has 2 aromatic carbocycles. The largest absolute Gasteiger partial charge is 0.444 e. The Hall–Kier alpha value is -3.75. The van der Waals surface area contributed by atoms with Crippen LogP contribution in [-0.2, 0) is 27.7 Å². The van der Waals surface area contributed by atoms with Gasteiger partial charge in [0, 0.05) is 25.3 Å². The Balaban J connectivity index is 1.41. The maximum Gasteiger partial charge on any atom is 0.419 e. The van der Waals surface area contributed by atoms with E-state index in [1.807, 2.05) is 42.7 Å². The number of fused-ring (bicyclic) bond motifs is 1. The van der Waals surface area contributed by atoms with Gasteiger partial charge in [-0.05, 0) is 55.9 Å². The second-order valence-corrected chi connectivity index (χ2v) is 11.9. The van der Waals surface area contributed by atoms with Crippen molar-refractivity contribution in [3.63, 3.8) is 0 Å². The van der Waals surface area contributed by atoms with Gasteiger partial charge in [-0.25, -0.2) is 9.59 Å². The molecule has 3 atom stereocenters. The van der Waals surface area contributed by atoms with Gasteiger partial charge in [0.25, 0.3) is 5.91 Å². The number of nitrogens with one attached hydrogen (secondary N) is 1. The maximum absolute atomic E-state index is 13.1. The van der Waals surface area contributed by atoms with Crippen molar-refractivity contribution < 1.29 is 23.5 Å². The minimum Gasteiger partial charge on any atom is -0.444 e. The van der Waals surface area contributed by atoms with Gasteiger partial charge in [-0.15, -0.1) is 0 Å². The minimum absolute atomic E-state index is 0.00492. The van der Waals surface area contributed by atoms with Gasteiger partial charge in [0.15, 0.2) is 11.7 Å². The molecule has 2 amide bonds. The second-order valence-electron chi connectivity index (χ2n) is 10.8. The van der Waals surface area contributed by atoms with E-state index in [-0.39, 0.29) is 11.8 Å². The van der Waals surface area contributed by atoms with E-state index in [0.717, 1.165) is 16.7 Å². The molecule has 10 nitrogen and oxygen atoms in total. The van der Waals surface area contributed by atoms with Crippen molar-refractivity contribution in [2.45, 2.75) is 50.2 Å². The van der Waals surface area contributed by atoms with Gasteiger partial charge in [0.05, 0.1) is 24.7 Å². The van der Waals surface area contributed by atoms with Crippen molar-refractivity contribution in [2.24, 2.45) is 7.05 Å². The fraction of sp³-hybridized carbons (Fsp3) is 0.448. The standard InChI is InChI=1S/C29H34N4O6S/c1-29(2,3)39-28(36)33-15-22(40-5)17-37-25(16-33)26(34)31-21(14-30)12-18-6-8-19(9-7-18)20-10-11-24-23(13-20)32(4)27(35)38-24/h6-11,13,21-22,25H,12,15-17H2,1-5H3,(H,31,34)/t21-,22?,25-/m0/s1. The van der Waals surface area contributed by atoms with Gasteiger partial charge in [-0.2, -0.15) is 17.0 Å². The Morgan fingerprint density at radius 3 is 2.52 bits per heavy atom. The number of thioether (sulfide) groups is 1. The number of oxazole rings is 1. The molecule has 0 saturated carbocycles. The number of amides is 2. The quantitative estimate of drug-likeness (QED) is 0.479. The molecule has 3 aromatic rings. The third-order valence-electron chi connectivity index (χ3n) is 6.56. The lowest BCUT2D eigenvalue weighted by atomic mass is 10.0. The molecule has 212 valence electrons. The van der Waals surface area contributed by atoms with Gasteiger partial charge in [0.1, 0.15) is 11.6 Å². The number of carbonyl (C=O) groups is 2. The number of aromatic nitrogens is 1. The van der Waals surface area contributed by atoms with Crippen molar-refractivity contribution in [1.82, 2.24) is 14.8 Å². The molecule has 1 N–H and O–H groups in total. The van der Waals surface area contributed by atoms with Crippen LogP contribution in [0.1, 0.15) is 26.3 Å². The van der Waals surface area contributed by atoms with Crippen LogP contribution in [0.4, 0.5) is 4.79 Å². The average Bonchev–Trinajstić information content (AvgIpc) is 3.06. The minimum atomic E-state index is -0.920. The highest BCUT2D eigenvalue weighted by Gasteiger charge is 2.34. The Kier molecular flexibility index (Phi) is 8.91. The topological polar surface area (TPSA) is 127 Å². The Morgan fingerprint density at radius 2 is 1.88 bits per heavy atom. The first-order chi connectivity index (χ1) is 19.0. The number of aryl methyl sites for hydroxylation is 1. The van der Waals surface area contributed by atoms with Crippen LogP contribution in [0.2, 0.25) is 0 Å². The van der Waals surface area contributed by atoms with Gasteiger partial charge in [-0.1, -0.05) is 30.3 Å². The van der Waals surface area contributed by atoms with Crippen LogP contribution in [0.25, 0.3) is 22.2 Å². The number of nitriles is 1. The maximum atomic E-state index is 13.1. The van der Waals surface area contributed by atoms with E-state index in [1.165, 1.54) is 9.47 Å². The number of hydrogen-bond donors (Lipinski definition) is 1. The van der Waals surface area contributed by atoms with Crippen LogP contribution in [0, 0.1) is 11.3 Å². The van der Waals surface area contributed by atoms with E-state index in [1.54, 1.807) is 45.6 Å². The number of benzene rings is 2. The molecule has 1 saturated heterocycles. The number of carbonyl (C=O) groups excluding carboxylic acids is 2. The first-order valence-corrected chi connectivity index (χ1v) is 14.3. The SMILES string of the molecule is CSC1CO[C@H](C(=O)N[C@H](C#N)Cc2ccc(-c3ccc4oc(=O)n(C)c4c3)cc2)CN(C(=O)OC(C)(C)C)C1. The van der Waals surface area contributed by atoms with Crippen molar-refractivity contribution >= 4 is 34.9 Å². The predicted octanol–water partition coefficient (Wildman–Crippen LogP) is 3.72. The fourth-order valence-electron chi connectivity index (χ4n) is 4.39. The molecule has 40 heavy (non-hydrogen) atoms. The lowest BCUT2D eigenvalue weighted by Crippen LogP contribution is -2.48. The first kappa shape index (κ1) is 29.2. The molecule has 0 aliphatic carbocycles. The molecule has 11 heteroatoms. The van der Waals surface area contributed by atoms with Crippen LogP contribution in [-0.4, -0.2) is 70.4 Å². The van der Waals surface area contributed by atoms with E-state index < -0.39 is 35.5 Å². The zero-order chi connectivity index (χ0) is 29.0. The molecule has 1 unspecified atom stereocenters. The summed E-state index contributed by atoms with van der Waals surface area (Å²) in [6, 6.07) is 14.6. The molecular formula is C29H34N4O6S. The number of ether oxygens (including phenoxy) is 2. The Labute approximate surface area is 237 Å². The molecule has 0 bridgehead atoms. The van der Waals surface area contributed by atoms with Gasteiger partial charge in [-0.3, -0.25) is 9.36 Å². The number of nitrogens with zero attached hydrogens (tertiary/aromatic N) is 3. The van der Waals surface area contributed by atoms with Crippen molar-refractivity contribution in [3.8, 4) is 17.2 Å². The van der Waals surface area contributed by atoms with Gasteiger partial charge in [0.2, 0.25) is 0 Å². The molecule has 4 rings (SSSR count). The monoisotopic (exact) mass is 566 g/mol. The summed E-state index contributed by atoms with van der Waals surface area (Å²) in [5.74, 6) is -0.861. The summed E-state index contributed by atoms with van der Waals surface area (Å²) in [5.41, 5.74) is 3.29. The number of rotatable bonds is 6. The highest BCUT2D eigenvalue weighted by atomic mass is 32.2. The molecule has 0 radical (unpaired) electrons. The van der Waals surface area contributed by atoms with Gasteiger partial charge < -0.3 is 24.1 Å². The predicted molar refractivity (Wildman–Crippen MR) is 153 cm³/mol. The van der Waals surface area contributed by atoms with E-state index in [4.69, 9.17) is 13.9 Å². The van der Waals surface area contributed by atoms with E-state index >= 15 is 0 Å². The summed E-state index contributed by atoms with van der Waals surface area (Å²) >= 11 is 1.56. The third kappa shape index (κ3) is 7.06. The zero-order valence-electron chi connectivity index (χ0n) is 23.3. The van der Waals surface area contributed by atoms with Crippen molar-refractivity contribution in [2.75, 3.05) is 26.0 Å². The summed E-state index contributed by atoms with van der Waals surface area (Å²) in [6.45, 7) is 6.12. The van der Waals surface area contributed by atoms with E-state index in [0.29, 0.717) is 30.7 Å². The van der Waals surface area contributed by atoms with Crippen LogP contribution < -0.4 is 11.1 Å². The zero-order valence-corrected chi connectivity index (χ0v) is 24.1. The Morgan fingerprint density at radius 1 is 1.18 bits per heavy atom. The molecule has 1 aromatic heterocycles. The van der Waals surface area contributed by atoms with E-state index in [2.05, 4.69) is 11.4 Å². The summed E-state index contributed by atoms with van der Waals surface area (Å²) in [6.07, 6.45) is 0.808. The van der Waals surface area contributed by atoms with Crippen molar-refractivity contribution in [1.29, 1.82) is 5.26 Å². The smallest absolute Gasteiger partial charge is 0.419 e. The van der Waals surface area contributed by atoms with Crippen LogP contribution >= 0.6 is 11.8 Å². The molecule has 2 heterocycles. The second kappa shape index (κ2) is 12.2. The lowest BCUT2D eigenvalue weighted by molar-refractivity contribution is -0.133. The molecule has 1 fully saturated rings. The molecule has 0 spiro atoms. The average molecular weight is 567 g/mol. The van der Waals surface area contributed by atoms with Crippen LogP contribution in [0.5, 0.6) is 0 Å². The normalized spacial score (nSPS) is 18.6. The van der Waals surface area contributed by atoms with Crippen LogP contribution in [0.3, 0.4) is 0 Å². The summed E-state index contributed by atoms with van der Waals surface area (Å²) in [5, 5.41) is 12.5. The third-order valence-corrected chi connectivity index (χ3v) is 7.51. The highest BCUT2D eigenvalue weighted by molar-refractivity contribution is 7.99. The summed E-state index contributed by atoms with van der Waals surface area (Å²) in [4.78, 5) is 39.2. The molecular weight excluding hydrogens is 532 g/mol. The van der Waals surface area contributed by atoms with E-state index in [9.17, 15) is 19.6 Å². The lowest BCUT2D eigenvalue weighted by Gasteiger charge is -2.28. The molecule has 1 aliphatic heterocycles. The number of hydrogen-bond acceptors (Lipinski definition) is 8. The summed E-state index contributed by atoms with van der Waals surface area (Å²) < 4.78 is 18.0.